The first-order chi connectivity index (χ1) is 10.1. The summed E-state index contributed by atoms with van der Waals surface area (Å²) < 4.78 is 0. The third-order valence-electron chi connectivity index (χ3n) is 3.01. The third-order valence-corrected chi connectivity index (χ3v) is 3.75. The van der Waals surface area contributed by atoms with E-state index < -0.39 is 5.97 Å². The highest BCUT2D eigenvalue weighted by molar-refractivity contribution is 7.08. The molecular weight excluding hydrogens is 288 g/mol. The fourth-order valence-electron chi connectivity index (χ4n) is 1.98. The molecule has 0 unspecified atom stereocenters. The number of nitrogens with zero attached hydrogens (tertiary/aromatic N) is 1. The molecule has 0 aliphatic rings. The van der Waals surface area contributed by atoms with Crippen molar-refractivity contribution >= 4 is 34.6 Å². The molecule has 0 aliphatic carbocycles. The van der Waals surface area contributed by atoms with Crippen molar-refractivity contribution < 1.29 is 14.7 Å². The largest absolute Gasteiger partial charge is 0.481 e. The quantitative estimate of drug-likeness (QED) is 0.803. The summed E-state index contributed by atoms with van der Waals surface area (Å²) in [6, 6.07) is 8.85. The Bertz CT molecular complexity index is 626. The second-order valence-corrected chi connectivity index (χ2v) is 5.34. The van der Waals surface area contributed by atoms with E-state index in [1.54, 1.807) is 24.3 Å². The van der Waals surface area contributed by atoms with E-state index in [1.165, 1.54) is 16.2 Å². The zero-order valence-corrected chi connectivity index (χ0v) is 12.2. The van der Waals surface area contributed by atoms with Gasteiger partial charge in [-0.05, 0) is 34.5 Å². The molecule has 21 heavy (non-hydrogen) atoms. The van der Waals surface area contributed by atoms with Crippen LogP contribution in [0, 0.1) is 0 Å². The number of carbonyl (C=O) groups is 2. The highest BCUT2D eigenvalue weighted by Gasteiger charge is 2.19. The van der Waals surface area contributed by atoms with Crippen LogP contribution in [0.25, 0.3) is 0 Å². The van der Waals surface area contributed by atoms with Crippen LogP contribution in [-0.4, -0.2) is 23.5 Å². The van der Waals surface area contributed by atoms with E-state index in [-0.39, 0.29) is 25.3 Å². The van der Waals surface area contributed by atoms with Gasteiger partial charge in [0.25, 0.3) is 0 Å². The lowest BCUT2D eigenvalue weighted by atomic mass is 10.2. The summed E-state index contributed by atoms with van der Waals surface area (Å²) in [5, 5.41) is 12.7. The smallest absolute Gasteiger partial charge is 0.305 e. The van der Waals surface area contributed by atoms with Crippen LogP contribution in [0.2, 0.25) is 0 Å². The molecular formula is C15H16N2O3S. The first-order valence-electron chi connectivity index (χ1n) is 6.45. The minimum Gasteiger partial charge on any atom is -0.481 e. The van der Waals surface area contributed by atoms with Crippen molar-refractivity contribution in [3.05, 3.63) is 46.7 Å². The Hall–Kier alpha value is -2.34. The lowest BCUT2D eigenvalue weighted by Crippen LogP contribution is -2.34. The van der Waals surface area contributed by atoms with Crippen LogP contribution in [-0.2, 0) is 16.0 Å². The summed E-state index contributed by atoms with van der Waals surface area (Å²) in [5.74, 6) is -1.11. The number of para-hydroxylation sites is 2. The molecule has 2 rings (SSSR count). The number of carboxylic acid groups (broad SMARTS) is 1. The Labute approximate surface area is 126 Å². The summed E-state index contributed by atoms with van der Waals surface area (Å²) in [6.45, 7) is 0.104. The Morgan fingerprint density at radius 3 is 2.62 bits per heavy atom. The van der Waals surface area contributed by atoms with E-state index in [1.807, 2.05) is 16.8 Å². The summed E-state index contributed by atoms with van der Waals surface area (Å²) in [6.07, 6.45) is 0.112. The summed E-state index contributed by atoms with van der Waals surface area (Å²) in [5.41, 5.74) is 7.83. The monoisotopic (exact) mass is 304 g/mol. The van der Waals surface area contributed by atoms with E-state index in [2.05, 4.69) is 0 Å². The maximum Gasteiger partial charge on any atom is 0.305 e. The average molecular weight is 304 g/mol. The van der Waals surface area contributed by atoms with Crippen LogP contribution in [0.5, 0.6) is 0 Å². The highest BCUT2D eigenvalue weighted by Crippen LogP contribution is 2.24. The number of thiophene rings is 1. The number of amides is 1. The van der Waals surface area contributed by atoms with Crippen molar-refractivity contribution in [3.8, 4) is 0 Å². The number of nitrogens with two attached hydrogens (primary N) is 1. The number of benzene rings is 1. The zero-order valence-electron chi connectivity index (χ0n) is 11.4. The lowest BCUT2D eigenvalue weighted by molar-refractivity contribution is -0.136. The van der Waals surface area contributed by atoms with Gasteiger partial charge in [-0.1, -0.05) is 12.1 Å². The molecule has 1 aromatic carbocycles. The second kappa shape index (κ2) is 6.90. The van der Waals surface area contributed by atoms with Crippen molar-refractivity contribution in [3.63, 3.8) is 0 Å². The third kappa shape index (κ3) is 4.06. The fourth-order valence-corrected chi connectivity index (χ4v) is 2.65. The number of carbonyl (C=O) groups excluding carboxylic acids is 1. The van der Waals surface area contributed by atoms with Crippen LogP contribution in [0.3, 0.4) is 0 Å². The number of nitrogen functional groups attached to an aromatic ring is 1. The predicted octanol–water partition coefficient (Wildman–Crippen LogP) is 2.38. The standard InChI is InChI=1S/C15H16N2O3S/c16-12-3-1-2-4-13(12)17(7-5-15(19)20)14(18)9-11-6-8-21-10-11/h1-4,6,8,10H,5,7,9,16H2,(H,19,20). The van der Waals surface area contributed by atoms with Crippen molar-refractivity contribution in [1.82, 2.24) is 0 Å². The molecule has 0 radical (unpaired) electrons. The molecule has 0 saturated carbocycles. The van der Waals surface area contributed by atoms with Crippen LogP contribution in [0.1, 0.15) is 12.0 Å². The minimum absolute atomic E-state index is 0.104. The Balaban J connectivity index is 2.21. The molecule has 3 N–H and O–H groups in total. The van der Waals surface area contributed by atoms with Crippen molar-refractivity contribution in [2.24, 2.45) is 0 Å². The van der Waals surface area contributed by atoms with E-state index >= 15 is 0 Å². The molecule has 0 aliphatic heterocycles. The molecule has 2 aromatic rings. The SMILES string of the molecule is Nc1ccccc1N(CCC(=O)O)C(=O)Cc1ccsc1. The van der Waals surface area contributed by atoms with Gasteiger partial charge in [0.2, 0.25) is 5.91 Å². The first-order valence-corrected chi connectivity index (χ1v) is 7.40. The number of hydrogen-bond acceptors (Lipinski definition) is 4. The Morgan fingerprint density at radius 1 is 1.24 bits per heavy atom. The molecule has 1 aromatic heterocycles. The Kier molecular flexibility index (Phi) is 4.94. The Morgan fingerprint density at radius 2 is 2.00 bits per heavy atom. The molecule has 0 bridgehead atoms. The highest BCUT2D eigenvalue weighted by atomic mass is 32.1. The normalized spacial score (nSPS) is 10.3. The average Bonchev–Trinajstić information content (AvgIpc) is 2.93. The molecule has 110 valence electrons. The van der Waals surface area contributed by atoms with Crippen LogP contribution in [0.4, 0.5) is 11.4 Å². The van der Waals surface area contributed by atoms with Gasteiger partial charge in [-0.2, -0.15) is 11.3 Å². The molecule has 6 heteroatoms. The van der Waals surface area contributed by atoms with E-state index in [0.29, 0.717) is 11.4 Å². The molecule has 0 fully saturated rings. The fraction of sp³-hybridized carbons (Fsp3) is 0.200. The summed E-state index contributed by atoms with van der Waals surface area (Å²) in [4.78, 5) is 24.7. The summed E-state index contributed by atoms with van der Waals surface area (Å²) in [7, 11) is 0. The summed E-state index contributed by atoms with van der Waals surface area (Å²) >= 11 is 1.52. The number of rotatable bonds is 6. The van der Waals surface area contributed by atoms with Crippen molar-refractivity contribution in [2.75, 3.05) is 17.2 Å². The molecule has 0 spiro atoms. The van der Waals surface area contributed by atoms with Crippen molar-refractivity contribution in [1.29, 1.82) is 0 Å². The number of anilines is 2. The number of hydrogen-bond donors (Lipinski definition) is 2. The molecule has 0 atom stereocenters. The van der Waals surface area contributed by atoms with E-state index in [9.17, 15) is 9.59 Å². The topological polar surface area (TPSA) is 83.6 Å². The lowest BCUT2D eigenvalue weighted by Gasteiger charge is -2.23. The maximum atomic E-state index is 12.5. The van der Waals surface area contributed by atoms with E-state index in [4.69, 9.17) is 10.8 Å². The van der Waals surface area contributed by atoms with Gasteiger partial charge in [0, 0.05) is 6.54 Å². The molecule has 0 saturated heterocycles. The number of aliphatic carboxylic acids is 1. The van der Waals surface area contributed by atoms with Crippen LogP contribution >= 0.6 is 11.3 Å². The molecule has 5 nitrogen and oxygen atoms in total. The molecule has 1 amide bonds. The van der Waals surface area contributed by atoms with Gasteiger partial charge in [0.15, 0.2) is 0 Å². The van der Waals surface area contributed by atoms with Gasteiger partial charge in [-0.15, -0.1) is 0 Å². The van der Waals surface area contributed by atoms with Crippen LogP contribution in [0.15, 0.2) is 41.1 Å². The first kappa shape index (κ1) is 15.1. The van der Waals surface area contributed by atoms with Gasteiger partial charge in [-0.3, -0.25) is 9.59 Å². The van der Waals surface area contributed by atoms with Crippen molar-refractivity contribution in [2.45, 2.75) is 12.8 Å². The van der Waals surface area contributed by atoms with Crippen LogP contribution < -0.4 is 10.6 Å². The van der Waals surface area contributed by atoms with Gasteiger partial charge in [-0.25, -0.2) is 0 Å². The van der Waals surface area contributed by atoms with Gasteiger partial charge >= 0.3 is 5.97 Å². The van der Waals surface area contributed by atoms with Gasteiger partial charge in [0.05, 0.1) is 24.2 Å². The maximum absolute atomic E-state index is 12.5. The second-order valence-electron chi connectivity index (χ2n) is 4.56. The predicted molar refractivity (Wildman–Crippen MR) is 83.5 cm³/mol. The minimum atomic E-state index is -0.946. The molecule has 1 heterocycles. The van der Waals surface area contributed by atoms with Gasteiger partial charge < -0.3 is 15.7 Å². The van der Waals surface area contributed by atoms with E-state index in [0.717, 1.165) is 5.56 Å². The van der Waals surface area contributed by atoms with Gasteiger partial charge in [0.1, 0.15) is 0 Å². The zero-order chi connectivity index (χ0) is 15.2. The number of carboxylic acids is 1.